The van der Waals surface area contributed by atoms with Gasteiger partial charge in [0, 0.05) is 30.9 Å². The summed E-state index contributed by atoms with van der Waals surface area (Å²) < 4.78 is 5.39. The molecule has 7 heteroatoms. The summed E-state index contributed by atoms with van der Waals surface area (Å²) in [5, 5.41) is 6.04. The molecule has 4 heterocycles. The van der Waals surface area contributed by atoms with E-state index in [1.165, 1.54) is 0 Å². The van der Waals surface area contributed by atoms with Crippen LogP contribution in [-0.2, 0) is 0 Å². The molecule has 3 aromatic heterocycles. The Morgan fingerprint density at radius 1 is 1.36 bits per heavy atom. The lowest BCUT2D eigenvalue weighted by molar-refractivity contribution is 0.432. The molecular weight excluding hydrogens is 298 g/mol. The predicted molar refractivity (Wildman–Crippen MR) is 85.6 cm³/mol. The van der Waals surface area contributed by atoms with E-state index in [0.29, 0.717) is 11.7 Å². The normalized spacial score (nSPS) is 18.0. The van der Waals surface area contributed by atoms with E-state index in [4.69, 9.17) is 10.3 Å². The highest BCUT2D eigenvalue weighted by Crippen LogP contribution is 2.27. The van der Waals surface area contributed by atoms with Crippen molar-refractivity contribution >= 4 is 17.2 Å². The summed E-state index contributed by atoms with van der Waals surface area (Å²) in [6.45, 7) is 1.77. The summed E-state index contributed by atoms with van der Waals surface area (Å²) in [5.74, 6) is 2.03. The van der Waals surface area contributed by atoms with Gasteiger partial charge in [-0.15, -0.1) is 11.3 Å². The number of aromatic nitrogens is 3. The quantitative estimate of drug-likeness (QED) is 0.799. The molecule has 0 spiro atoms. The lowest BCUT2D eigenvalue weighted by Gasteiger charge is -2.16. The molecule has 1 saturated heterocycles. The number of anilines is 1. The van der Waals surface area contributed by atoms with E-state index in [1.54, 1.807) is 17.5 Å². The second-order valence-electron chi connectivity index (χ2n) is 5.30. The van der Waals surface area contributed by atoms with Gasteiger partial charge in [-0.1, -0.05) is 11.2 Å². The molecule has 0 amide bonds. The van der Waals surface area contributed by atoms with Crippen molar-refractivity contribution in [3.8, 4) is 22.2 Å². The molecule has 0 aromatic carbocycles. The van der Waals surface area contributed by atoms with Gasteiger partial charge in [0.05, 0.1) is 4.88 Å². The first kappa shape index (κ1) is 13.4. The Morgan fingerprint density at radius 2 is 2.32 bits per heavy atom. The molecule has 3 aromatic rings. The summed E-state index contributed by atoms with van der Waals surface area (Å²) in [6.07, 6.45) is 2.76. The molecule has 1 aliphatic rings. The predicted octanol–water partition coefficient (Wildman–Crippen LogP) is 2.40. The van der Waals surface area contributed by atoms with Crippen molar-refractivity contribution in [3.63, 3.8) is 0 Å². The number of pyridine rings is 1. The van der Waals surface area contributed by atoms with Gasteiger partial charge in [0.25, 0.3) is 5.89 Å². The lowest BCUT2D eigenvalue weighted by atomic mass is 10.2. The average Bonchev–Trinajstić information content (AvgIpc) is 3.28. The Morgan fingerprint density at radius 3 is 3.09 bits per heavy atom. The van der Waals surface area contributed by atoms with Crippen molar-refractivity contribution in [3.05, 3.63) is 35.8 Å². The molecule has 0 radical (unpaired) electrons. The highest BCUT2D eigenvalue weighted by molar-refractivity contribution is 7.13. The molecule has 0 aliphatic carbocycles. The fraction of sp³-hybridized carbons (Fsp3) is 0.267. The Labute approximate surface area is 131 Å². The highest BCUT2D eigenvalue weighted by atomic mass is 32.1. The molecular formula is C15H15N5OS. The van der Waals surface area contributed by atoms with Crippen LogP contribution < -0.4 is 10.6 Å². The summed E-state index contributed by atoms with van der Waals surface area (Å²) in [5.41, 5.74) is 6.84. The largest absolute Gasteiger partial charge is 0.355 e. The fourth-order valence-electron chi connectivity index (χ4n) is 2.57. The zero-order valence-corrected chi connectivity index (χ0v) is 12.7. The van der Waals surface area contributed by atoms with Crippen molar-refractivity contribution in [2.24, 2.45) is 5.73 Å². The molecule has 6 nitrogen and oxygen atoms in total. The first-order valence-corrected chi connectivity index (χ1v) is 8.02. The van der Waals surface area contributed by atoms with Crippen LogP contribution in [0.5, 0.6) is 0 Å². The van der Waals surface area contributed by atoms with Crippen LogP contribution in [0.1, 0.15) is 6.42 Å². The highest BCUT2D eigenvalue weighted by Gasteiger charge is 2.21. The SMILES string of the molecule is NC1CCN(c2cc(-c3nc(-c4cccs4)no3)ccn2)C1. The average molecular weight is 313 g/mol. The van der Waals surface area contributed by atoms with Gasteiger partial charge in [-0.2, -0.15) is 4.98 Å². The Hall–Kier alpha value is -2.25. The summed E-state index contributed by atoms with van der Waals surface area (Å²) >= 11 is 1.59. The Kier molecular flexibility index (Phi) is 3.36. The molecule has 1 atom stereocenters. The summed E-state index contributed by atoms with van der Waals surface area (Å²) in [7, 11) is 0. The van der Waals surface area contributed by atoms with Crippen molar-refractivity contribution in [1.82, 2.24) is 15.1 Å². The van der Waals surface area contributed by atoms with Crippen LogP contribution in [0.2, 0.25) is 0 Å². The third-order valence-corrected chi connectivity index (χ3v) is 4.57. The van der Waals surface area contributed by atoms with E-state index >= 15 is 0 Å². The van der Waals surface area contributed by atoms with Crippen molar-refractivity contribution in [2.45, 2.75) is 12.5 Å². The van der Waals surface area contributed by atoms with Gasteiger partial charge in [0.2, 0.25) is 5.82 Å². The van der Waals surface area contributed by atoms with E-state index in [2.05, 4.69) is 20.0 Å². The molecule has 0 bridgehead atoms. The Balaban J connectivity index is 1.63. The third kappa shape index (κ3) is 2.49. The van der Waals surface area contributed by atoms with Crippen LogP contribution in [0.15, 0.2) is 40.4 Å². The van der Waals surface area contributed by atoms with Crippen LogP contribution >= 0.6 is 11.3 Å². The van der Waals surface area contributed by atoms with Crippen LogP contribution in [0.4, 0.5) is 5.82 Å². The molecule has 4 rings (SSSR count). The maximum atomic E-state index is 5.96. The van der Waals surface area contributed by atoms with Gasteiger partial charge < -0.3 is 15.2 Å². The van der Waals surface area contributed by atoms with Gasteiger partial charge in [-0.05, 0) is 30.0 Å². The van der Waals surface area contributed by atoms with Crippen LogP contribution in [0, 0.1) is 0 Å². The minimum absolute atomic E-state index is 0.222. The summed E-state index contributed by atoms with van der Waals surface area (Å²) in [6, 6.07) is 8.02. The second kappa shape index (κ2) is 5.51. The van der Waals surface area contributed by atoms with E-state index < -0.39 is 0 Å². The van der Waals surface area contributed by atoms with Crippen LogP contribution in [-0.4, -0.2) is 34.3 Å². The molecule has 22 heavy (non-hydrogen) atoms. The van der Waals surface area contributed by atoms with Gasteiger partial charge in [0.1, 0.15) is 5.82 Å². The summed E-state index contributed by atoms with van der Waals surface area (Å²) in [4.78, 5) is 12.1. The third-order valence-electron chi connectivity index (χ3n) is 3.71. The molecule has 1 unspecified atom stereocenters. The van der Waals surface area contributed by atoms with E-state index in [-0.39, 0.29) is 6.04 Å². The van der Waals surface area contributed by atoms with Crippen molar-refractivity contribution in [1.29, 1.82) is 0 Å². The van der Waals surface area contributed by atoms with Gasteiger partial charge in [-0.25, -0.2) is 4.98 Å². The second-order valence-corrected chi connectivity index (χ2v) is 6.25. The smallest absolute Gasteiger partial charge is 0.258 e. The first-order chi connectivity index (χ1) is 10.8. The lowest BCUT2D eigenvalue weighted by Crippen LogP contribution is -2.26. The standard InChI is InChI=1S/C15H15N5OS/c16-11-4-6-20(9-11)13-8-10(3-5-17-13)15-18-14(19-21-15)12-2-1-7-22-12/h1-3,5,7-8,11H,4,6,9,16H2. The molecule has 0 saturated carbocycles. The number of hydrogen-bond acceptors (Lipinski definition) is 7. The number of nitrogens with two attached hydrogens (primary N) is 1. The minimum atomic E-state index is 0.222. The monoisotopic (exact) mass is 313 g/mol. The number of nitrogens with zero attached hydrogens (tertiary/aromatic N) is 4. The minimum Gasteiger partial charge on any atom is -0.355 e. The number of rotatable bonds is 3. The number of thiophene rings is 1. The van der Waals surface area contributed by atoms with Gasteiger partial charge >= 0.3 is 0 Å². The first-order valence-electron chi connectivity index (χ1n) is 7.14. The van der Waals surface area contributed by atoms with E-state index in [0.717, 1.165) is 35.8 Å². The molecule has 1 fully saturated rings. The van der Waals surface area contributed by atoms with Gasteiger partial charge in [-0.3, -0.25) is 0 Å². The maximum absolute atomic E-state index is 5.96. The zero-order valence-electron chi connectivity index (χ0n) is 11.8. The van der Waals surface area contributed by atoms with Crippen LogP contribution in [0.25, 0.3) is 22.2 Å². The van der Waals surface area contributed by atoms with E-state index in [1.807, 2.05) is 29.6 Å². The number of hydrogen-bond donors (Lipinski definition) is 1. The zero-order chi connectivity index (χ0) is 14.9. The van der Waals surface area contributed by atoms with Crippen molar-refractivity contribution < 1.29 is 4.52 Å². The maximum Gasteiger partial charge on any atom is 0.258 e. The van der Waals surface area contributed by atoms with Crippen molar-refractivity contribution in [2.75, 3.05) is 18.0 Å². The molecule has 1 aliphatic heterocycles. The fourth-order valence-corrected chi connectivity index (χ4v) is 3.22. The van der Waals surface area contributed by atoms with E-state index in [9.17, 15) is 0 Å². The van der Waals surface area contributed by atoms with Gasteiger partial charge in [0.15, 0.2) is 0 Å². The molecule has 112 valence electrons. The molecule has 2 N–H and O–H groups in total. The topological polar surface area (TPSA) is 81.1 Å². The Bertz CT molecular complexity index is 770. The van der Waals surface area contributed by atoms with Crippen LogP contribution in [0.3, 0.4) is 0 Å².